The molecule has 1 fully saturated rings. The molecule has 0 saturated carbocycles. The van der Waals surface area contributed by atoms with Crippen LogP contribution >= 0.6 is 22.9 Å². The summed E-state index contributed by atoms with van der Waals surface area (Å²) in [5.74, 6) is 0.809. The molecule has 0 N–H and O–H groups in total. The Labute approximate surface area is 185 Å². The first-order valence-electron chi connectivity index (χ1n) is 10.2. The fourth-order valence-corrected chi connectivity index (χ4v) is 4.97. The van der Waals surface area contributed by atoms with E-state index in [2.05, 4.69) is 0 Å². The van der Waals surface area contributed by atoms with Crippen molar-refractivity contribution in [1.82, 2.24) is 4.98 Å². The second-order valence-electron chi connectivity index (χ2n) is 7.43. The van der Waals surface area contributed by atoms with Crippen LogP contribution in [0.4, 0.5) is 5.13 Å². The smallest absolute Gasteiger partial charge is 0.233 e. The van der Waals surface area contributed by atoms with E-state index < -0.39 is 0 Å². The number of carbonyl (C=O) groups excluding carboxylic acids is 1. The molecule has 1 atom stereocenters. The van der Waals surface area contributed by atoms with Crippen LogP contribution in [-0.2, 0) is 16.0 Å². The predicted molar refractivity (Wildman–Crippen MR) is 122 cm³/mol. The summed E-state index contributed by atoms with van der Waals surface area (Å²) in [6.07, 6.45) is 2.31. The number of benzene rings is 2. The number of rotatable bonds is 7. The lowest BCUT2D eigenvalue weighted by molar-refractivity contribution is -0.118. The average molecular weight is 445 g/mol. The highest BCUT2D eigenvalue weighted by atomic mass is 35.5. The molecule has 158 valence electrons. The van der Waals surface area contributed by atoms with Crippen LogP contribution in [0.1, 0.15) is 30.9 Å². The topological polar surface area (TPSA) is 51.7 Å². The minimum absolute atomic E-state index is 0.00231. The number of aromatic nitrogens is 1. The minimum atomic E-state index is 0.00231. The van der Waals surface area contributed by atoms with Gasteiger partial charge in [0, 0.05) is 6.61 Å². The van der Waals surface area contributed by atoms with Crippen LogP contribution in [0.15, 0.2) is 36.4 Å². The van der Waals surface area contributed by atoms with Gasteiger partial charge in [-0.25, -0.2) is 4.98 Å². The molecule has 0 radical (unpaired) electrons. The molecule has 5 nitrogen and oxygen atoms in total. The molecule has 7 heteroatoms. The molecule has 1 saturated heterocycles. The lowest BCUT2D eigenvalue weighted by Crippen LogP contribution is -2.38. The Morgan fingerprint density at radius 2 is 2.10 bits per heavy atom. The molecule has 1 aromatic heterocycles. The molecule has 1 unspecified atom stereocenters. The van der Waals surface area contributed by atoms with E-state index >= 15 is 0 Å². The van der Waals surface area contributed by atoms with Crippen molar-refractivity contribution >= 4 is 44.2 Å². The van der Waals surface area contributed by atoms with E-state index in [0.717, 1.165) is 46.5 Å². The third kappa shape index (κ3) is 4.61. The maximum absolute atomic E-state index is 13.3. The zero-order valence-electron chi connectivity index (χ0n) is 17.2. The monoisotopic (exact) mass is 444 g/mol. The van der Waals surface area contributed by atoms with Gasteiger partial charge in [-0.15, -0.1) is 0 Å². The molecule has 1 aliphatic rings. The minimum Gasteiger partial charge on any atom is -0.494 e. The van der Waals surface area contributed by atoms with E-state index in [9.17, 15) is 4.79 Å². The van der Waals surface area contributed by atoms with Crippen LogP contribution in [0, 0.1) is 6.92 Å². The number of thiazole rings is 1. The molecule has 3 aromatic rings. The van der Waals surface area contributed by atoms with Crippen molar-refractivity contribution in [1.29, 1.82) is 0 Å². The number of halogens is 1. The quantitative estimate of drug-likeness (QED) is 0.488. The number of anilines is 1. The fraction of sp³-hybridized carbons (Fsp3) is 0.391. The number of amides is 1. The Kier molecular flexibility index (Phi) is 6.56. The Morgan fingerprint density at radius 3 is 2.77 bits per heavy atom. The first kappa shape index (κ1) is 21.1. The van der Waals surface area contributed by atoms with Gasteiger partial charge < -0.3 is 9.47 Å². The highest BCUT2D eigenvalue weighted by Gasteiger charge is 2.27. The van der Waals surface area contributed by atoms with Gasteiger partial charge in [-0.3, -0.25) is 9.69 Å². The molecule has 0 spiro atoms. The van der Waals surface area contributed by atoms with Crippen LogP contribution < -0.4 is 9.64 Å². The normalized spacial score (nSPS) is 16.2. The molecule has 2 heterocycles. The van der Waals surface area contributed by atoms with E-state index in [1.54, 1.807) is 4.90 Å². The van der Waals surface area contributed by atoms with Crippen molar-refractivity contribution in [3.63, 3.8) is 0 Å². The van der Waals surface area contributed by atoms with E-state index in [4.69, 9.17) is 26.1 Å². The second kappa shape index (κ2) is 9.33. The van der Waals surface area contributed by atoms with Gasteiger partial charge in [-0.05, 0) is 56.0 Å². The summed E-state index contributed by atoms with van der Waals surface area (Å²) < 4.78 is 12.2. The van der Waals surface area contributed by atoms with Gasteiger partial charge in [0.2, 0.25) is 5.91 Å². The summed E-state index contributed by atoms with van der Waals surface area (Å²) >= 11 is 7.86. The highest BCUT2D eigenvalue weighted by Crippen LogP contribution is 2.36. The number of hydrogen-bond acceptors (Lipinski definition) is 5. The van der Waals surface area contributed by atoms with Crippen molar-refractivity contribution < 1.29 is 14.3 Å². The standard InChI is InChI=1S/C23H25ClN2O3S/c1-3-28-17-9-7-16(8-10-17)13-20(27)26(14-18-5-4-12-29-18)23-25-21-15(2)6-11-19(24)22(21)30-23/h6-11,18H,3-5,12-14H2,1-2H3. The highest BCUT2D eigenvalue weighted by molar-refractivity contribution is 7.23. The van der Waals surface area contributed by atoms with E-state index in [1.807, 2.05) is 50.2 Å². The Balaban J connectivity index is 1.61. The van der Waals surface area contributed by atoms with E-state index in [1.165, 1.54) is 11.3 Å². The molecule has 0 aliphatic carbocycles. The SMILES string of the molecule is CCOc1ccc(CC(=O)N(CC2CCCO2)c2nc3c(C)ccc(Cl)c3s2)cc1. The molecule has 1 amide bonds. The maximum Gasteiger partial charge on any atom is 0.233 e. The van der Waals surface area contributed by atoms with Crippen molar-refractivity contribution in [3.05, 3.63) is 52.5 Å². The van der Waals surface area contributed by atoms with Gasteiger partial charge in [0.15, 0.2) is 5.13 Å². The van der Waals surface area contributed by atoms with Gasteiger partial charge in [0.25, 0.3) is 0 Å². The average Bonchev–Trinajstić information content (AvgIpc) is 3.41. The van der Waals surface area contributed by atoms with Crippen LogP contribution in [0.2, 0.25) is 5.02 Å². The van der Waals surface area contributed by atoms with Crippen LogP contribution in [-0.4, -0.2) is 36.8 Å². The number of nitrogens with zero attached hydrogens (tertiary/aromatic N) is 2. The zero-order valence-corrected chi connectivity index (χ0v) is 18.8. The summed E-state index contributed by atoms with van der Waals surface area (Å²) in [7, 11) is 0. The summed E-state index contributed by atoms with van der Waals surface area (Å²) in [5.41, 5.74) is 2.85. The van der Waals surface area contributed by atoms with E-state index in [0.29, 0.717) is 29.7 Å². The third-order valence-corrected chi connectivity index (χ3v) is 6.76. The summed E-state index contributed by atoms with van der Waals surface area (Å²) in [6.45, 7) is 5.83. The van der Waals surface area contributed by atoms with Gasteiger partial charge in [0.05, 0.1) is 40.9 Å². The zero-order chi connectivity index (χ0) is 21.1. The van der Waals surface area contributed by atoms with Crippen molar-refractivity contribution in [3.8, 4) is 5.75 Å². The summed E-state index contributed by atoms with van der Waals surface area (Å²) in [5, 5.41) is 1.34. The summed E-state index contributed by atoms with van der Waals surface area (Å²) in [6, 6.07) is 11.5. The fourth-order valence-electron chi connectivity index (χ4n) is 3.63. The van der Waals surface area contributed by atoms with Crippen molar-refractivity contribution in [2.45, 2.75) is 39.2 Å². The Morgan fingerprint density at radius 1 is 1.30 bits per heavy atom. The first-order chi connectivity index (χ1) is 14.5. The number of ether oxygens (including phenoxy) is 2. The predicted octanol–water partition coefficient (Wildman–Crippen LogP) is 5.41. The summed E-state index contributed by atoms with van der Waals surface area (Å²) in [4.78, 5) is 19.9. The van der Waals surface area contributed by atoms with Gasteiger partial charge in [-0.2, -0.15) is 0 Å². The van der Waals surface area contributed by atoms with E-state index in [-0.39, 0.29) is 12.0 Å². The largest absolute Gasteiger partial charge is 0.494 e. The number of aryl methyl sites for hydroxylation is 1. The van der Waals surface area contributed by atoms with Crippen molar-refractivity contribution in [2.75, 3.05) is 24.7 Å². The van der Waals surface area contributed by atoms with Crippen LogP contribution in [0.25, 0.3) is 10.2 Å². The molecule has 0 bridgehead atoms. The van der Waals surface area contributed by atoms with Gasteiger partial charge in [0.1, 0.15) is 5.75 Å². The van der Waals surface area contributed by atoms with Gasteiger partial charge >= 0.3 is 0 Å². The van der Waals surface area contributed by atoms with Crippen LogP contribution in [0.5, 0.6) is 5.75 Å². The Bertz CT molecular complexity index is 990. The lowest BCUT2D eigenvalue weighted by Gasteiger charge is -2.23. The third-order valence-electron chi connectivity index (χ3n) is 5.22. The number of fused-ring (bicyclic) bond motifs is 1. The molecule has 30 heavy (non-hydrogen) atoms. The maximum atomic E-state index is 13.3. The molecular formula is C23H25ClN2O3S. The second-order valence-corrected chi connectivity index (χ2v) is 8.82. The first-order valence-corrected chi connectivity index (χ1v) is 11.4. The molecule has 2 aromatic carbocycles. The van der Waals surface area contributed by atoms with Gasteiger partial charge in [-0.1, -0.05) is 41.1 Å². The lowest BCUT2D eigenvalue weighted by atomic mass is 10.1. The molecule has 1 aliphatic heterocycles. The molecular weight excluding hydrogens is 420 g/mol. The number of hydrogen-bond donors (Lipinski definition) is 0. The van der Waals surface area contributed by atoms with Crippen molar-refractivity contribution in [2.24, 2.45) is 0 Å². The van der Waals surface area contributed by atoms with Crippen LogP contribution in [0.3, 0.4) is 0 Å². The Hall–Kier alpha value is -2.15. The number of carbonyl (C=O) groups is 1. The molecule has 4 rings (SSSR count).